The second-order valence-electron chi connectivity index (χ2n) is 4.61. The van der Waals surface area contributed by atoms with Gasteiger partial charge in [0.25, 0.3) is 0 Å². The third kappa shape index (κ3) is 3.69. The van der Waals surface area contributed by atoms with Gasteiger partial charge in [-0.3, -0.25) is 0 Å². The number of nitrogens with zero attached hydrogens (tertiary/aromatic N) is 1. The summed E-state index contributed by atoms with van der Waals surface area (Å²) < 4.78 is 5.06. The van der Waals surface area contributed by atoms with Gasteiger partial charge in [-0.2, -0.15) is 5.26 Å². The summed E-state index contributed by atoms with van der Waals surface area (Å²) in [6.07, 6.45) is 1.18. The zero-order valence-corrected chi connectivity index (χ0v) is 12.1. The van der Waals surface area contributed by atoms with E-state index in [1.54, 1.807) is 6.07 Å². The highest BCUT2D eigenvalue weighted by Crippen LogP contribution is 2.29. The van der Waals surface area contributed by atoms with E-state index in [9.17, 15) is 19.8 Å². The molecule has 0 fully saturated rings. The van der Waals surface area contributed by atoms with E-state index in [2.05, 4.69) is 0 Å². The number of hydrogen-bond donors (Lipinski definition) is 3. The van der Waals surface area contributed by atoms with Gasteiger partial charge in [-0.05, 0) is 35.9 Å². The first kappa shape index (κ1) is 16.6. The SMILES string of the molecule is N#CC(=Cc1ccc(OC(=O)c2cccc(O)c2O)cc1)C(=O)O. The molecular formula is C17H11NO6. The smallest absolute Gasteiger partial charge is 0.347 e. The maximum atomic E-state index is 12.0. The normalized spacial score (nSPS) is 10.7. The minimum absolute atomic E-state index is 0.147. The molecule has 0 amide bonds. The van der Waals surface area contributed by atoms with Crippen LogP contribution < -0.4 is 4.74 Å². The molecular weight excluding hydrogens is 314 g/mol. The molecule has 2 aromatic rings. The van der Waals surface area contributed by atoms with Crippen molar-refractivity contribution in [3.63, 3.8) is 0 Å². The maximum Gasteiger partial charge on any atom is 0.347 e. The number of aromatic hydroxyl groups is 2. The van der Waals surface area contributed by atoms with E-state index < -0.39 is 29.0 Å². The average molecular weight is 325 g/mol. The van der Waals surface area contributed by atoms with Crippen LogP contribution in [0, 0.1) is 11.3 Å². The zero-order chi connectivity index (χ0) is 17.7. The standard InChI is InChI=1S/C17H11NO6/c18-9-11(16(21)22)8-10-4-6-12(7-5-10)24-17(23)13-2-1-3-14(19)15(13)20/h1-8,19-20H,(H,21,22). The number of rotatable bonds is 4. The first-order valence-electron chi connectivity index (χ1n) is 6.60. The number of phenolic OH excluding ortho intramolecular Hbond substituents is 2. The molecule has 0 heterocycles. The van der Waals surface area contributed by atoms with Gasteiger partial charge in [0.1, 0.15) is 23.0 Å². The molecule has 0 saturated carbocycles. The quantitative estimate of drug-likeness (QED) is 0.259. The van der Waals surface area contributed by atoms with E-state index in [-0.39, 0.29) is 11.3 Å². The fraction of sp³-hybridized carbons (Fsp3) is 0. The van der Waals surface area contributed by atoms with Gasteiger partial charge in [0, 0.05) is 0 Å². The van der Waals surface area contributed by atoms with Crippen molar-refractivity contribution in [2.75, 3.05) is 0 Å². The number of phenols is 2. The third-order valence-corrected chi connectivity index (χ3v) is 2.99. The highest BCUT2D eigenvalue weighted by atomic mass is 16.5. The molecule has 0 aliphatic rings. The van der Waals surface area contributed by atoms with Crippen LogP contribution in [0.5, 0.6) is 17.2 Å². The van der Waals surface area contributed by atoms with Gasteiger partial charge in [-0.25, -0.2) is 9.59 Å². The Kier molecular flexibility index (Phi) is 4.82. The third-order valence-electron chi connectivity index (χ3n) is 2.99. The van der Waals surface area contributed by atoms with E-state index in [0.29, 0.717) is 5.56 Å². The summed E-state index contributed by atoms with van der Waals surface area (Å²) >= 11 is 0. The van der Waals surface area contributed by atoms with Crippen LogP contribution in [-0.2, 0) is 4.79 Å². The number of hydrogen-bond acceptors (Lipinski definition) is 6. The summed E-state index contributed by atoms with van der Waals surface area (Å²) in [5, 5.41) is 36.5. The van der Waals surface area contributed by atoms with Crippen LogP contribution in [-0.4, -0.2) is 27.3 Å². The summed E-state index contributed by atoms with van der Waals surface area (Å²) in [4.78, 5) is 22.7. The number of nitriles is 1. The number of carbonyl (C=O) groups is 2. The van der Waals surface area contributed by atoms with Gasteiger partial charge in [0.15, 0.2) is 11.5 Å². The number of ether oxygens (including phenoxy) is 1. The molecule has 2 aromatic carbocycles. The second-order valence-corrected chi connectivity index (χ2v) is 4.61. The number of para-hydroxylation sites is 1. The number of carbonyl (C=O) groups excluding carboxylic acids is 1. The average Bonchev–Trinajstić information content (AvgIpc) is 2.56. The van der Waals surface area contributed by atoms with E-state index in [1.165, 1.54) is 48.5 Å². The lowest BCUT2D eigenvalue weighted by Gasteiger charge is -2.07. The van der Waals surface area contributed by atoms with Crippen LogP contribution in [0.1, 0.15) is 15.9 Å². The van der Waals surface area contributed by atoms with Crippen molar-refractivity contribution in [2.45, 2.75) is 0 Å². The lowest BCUT2D eigenvalue weighted by atomic mass is 10.1. The number of esters is 1. The van der Waals surface area contributed by atoms with Crippen molar-refractivity contribution in [1.29, 1.82) is 5.26 Å². The Morgan fingerprint density at radius 1 is 1.08 bits per heavy atom. The summed E-state index contributed by atoms with van der Waals surface area (Å²) in [6, 6.07) is 11.2. The minimum Gasteiger partial charge on any atom is -0.504 e. The first-order chi connectivity index (χ1) is 11.4. The summed E-state index contributed by atoms with van der Waals surface area (Å²) in [5.41, 5.74) is -0.185. The Hall–Kier alpha value is -3.79. The molecule has 0 radical (unpaired) electrons. The number of carboxylic acids is 1. The Bertz CT molecular complexity index is 862. The maximum absolute atomic E-state index is 12.0. The molecule has 0 bridgehead atoms. The van der Waals surface area contributed by atoms with E-state index in [0.717, 1.165) is 0 Å². The monoisotopic (exact) mass is 325 g/mol. The van der Waals surface area contributed by atoms with Gasteiger partial charge >= 0.3 is 11.9 Å². The predicted molar refractivity (Wildman–Crippen MR) is 82.4 cm³/mol. The molecule has 7 nitrogen and oxygen atoms in total. The fourth-order valence-corrected chi connectivity index (χ4v) is 1.80. The Balaban J connectivity index is 2.18. The number of aliphatic carboxylic acids is 1. The minimum atomic E-state index is -1.34. The lowest BCUT2D eigenvalue weighted by molar-refractivity contribution is -0.132. The second kappa shape index (κ2) is 6.98. The molecule has 0 aliphatic heterocycles. The lowest BCUT2D eigenvalue weighted by Crippen LogP contribution is -2.08. The Labute approximate surface area is 136 Å². The zero-order valence-electron chi connectivity index (χ0n) is 12.1. The summed E-state index contributed by atoms with van der Waals surface area (Å²) in [5.74, 6) is -3.08. The number of benzene rings is 2. The van der Waals surface area contributed by atoms with Gasteiger partial charge in [-0.1, -0.05) is 18.2 Å². The fourth-order valence-electron chi connectivity index (χ4n) is 1.80. The summed E-state index contributed by atoms with van der Waals surface area (Å²) in [7, 11) is 0. The van der Waals surface area contributed by atoms with Crippen LogP contribution >= 0.6 is 0 Å². The Morgan fingerprint density at radius 2 is 1.75 bits per heavy atom. The van der Waals surface area contributed by atoms with Gasteiger partial charge in [-0.15, -0.1) is 0 Å². The van der Waals surface area contributed by atoms with E-state index in [4.69, 9.17) is 15.1 Å². The van der Waals surface area contributed by atoms with E-state index >= 15 is 0 Å². The van der Waals surface area contributed by atoms with Crippen LogP contribution in [0.2, 0.25) is 0 Å². The largest absolute Gasteiger partial charge is 0.504 e. The van der Waals surface area contributed by atoms with Crippen molar-refractivity contribution in [2.24, 2.45) is 0 Å². The molecule has 0 aromatic heterocycles. The molecule has 24 heavy (non-hydrogen) atoms. The molecule has 120 valence electrons. The van der Waals surface area contributed by atoms with Crippen LogP contribution in [0.25, 0.3) is 6.08 Å². The van der Waals surface area contributed by atoms with Gasteiger partial charge in [0.2, 0.25) is 0 Å². The molecule has 3 N–H and O–H groups in total. The molecule has 2 rings (SSSR count). The van der Waals surface area contributed by atoms with Gasteiger partial charge in [0.05, 0.1) is 0 Å². The highest BCUT2D eigenvalue weighted by molar-refractivity contribution is 5.96. The van der Waals surface area contributed by atoms with Crippen molar-refractivity contribution in [3.8, 4) is 23.3 Å². The Morgan fingerprint density at radius 3 is 2.33 bits per heavy atom. The van der Waals surface area contributed by atoms with Crippen molar-refractivity contribution >= 4 is 18.0 Å². The van der Waals surface area contributed by atoms with Crippen molar-refractivity contribution in [3.05, 3.63) is 59.2 Å². The van der Waals surface area contributed by atoms with Crippen LogP contribution in [0.15, 0.2) is 48.0 Å². The van der Waals surface area contributed by atoms with Gasteiger partial charge < -0.3 is 20.1 Å². The molecule has 0 unspecified atom stereocenters. The van der Waals surface area contributed by atoms with Crippen molar-refractivity contribution < 1.29 is 29.6 Å². The molecule has 7 heteroatoms. The highest BCUT2D eigenvalue weighted by Gasteiger charge is 2.16. The first-order valence-corrected chi connectivity index (χ1v) is 6.60. The topological polar surface area (TPSA) is 128 Å². The summed E-state index contributed by atoms with van der Waals surface area (Å²) in [6.45, 7) is 0. The van der Waals surface area contributed by atoms with Crippen LogP contribution in [0.4, 0.5) is 0 Å². The molecule has 0 spiro atoms. The number of carboxylic acid groups (broad SMARTS) is 1. The molecule has 0 atom stereocenters. The van der Waals surface area contributed by atoms with E-state index in [1.807, 2.05) is 0 Å². The van der Waals surface area contributed by atoms with Crippen LogP contribution in [0.3, 0.4) is 0 Å². The molecule has 0 saturated heterocycles. The predicted octanol–water partition coefficient (Wildman–Crippen LogP) is 2.31. The molecule has 0 aliphatic carbocycles. The van der Waals surface area contributed by atoms with Crippen molar-refractivity contribution in [1.82, 2.24) is 0 Å².